The summed E-state index contributed by atoms with van der Waals surface area (Å²) in [5, 5.41) is 3.54. The summed E-state index contributed by atoms with van der Waals surface area (Å²) < 4.78 is 5.51. The molecule has 15 heavy (non-hydrogen) atoms. The molecule has 0 radical (unpaired) electrons. The molecule has 1 N–H and O–H groups in total. The first kappa shape index (κ1) is 11.4. The summed E-state index contributed by atoms with van der Waals surface area (Å²) in [5.74, 6) is 1.52. The van der Waals surface area contributed by atoms with Crippen molar-refractivity contribution in [2.24, 2.45) is 22.7 Å². The Hall–Kier alpha value is -0.0800. The lowest BCUT2D eigenvalue weighted by Crippen LogP contribution is -2.38. The van der Waals surface area contributed by atoms with Crippen molar-refractivity contribution >= 4 is 0 Å². The molecule has 0 spiro atoms. The van der Waals surface area contributed by atoms with Gasteiger partial charge in [-0.05, 0) is 30.2 Å². The summed E-state index contributed by atoms with van der Waals surface area (Å²) in [4.78, 5) is 0. The van der Waals surface area contributed by atoms with E-state index in [2.05, 4.69) is 40.1 Å². The Labute approximate surface area is 93.8 Å². The highest BCUT2D eigenvalue weighted by molar-refractivity contribution is 5.17. The molecule has 0 aromatic rings. The highest BCUT2D eigenvalue weighted by atomic mass is 16.5. The quantitative estimate of drug-likeness (QED) is 0.773. The SMILES string of the molecule is CNC(C1CCOC1)C1C(C)(C)C1(C)C. The predicted octanol–water partition coefficient (Wildman–Crippen LogP) is 2.29. The molecule has 2 rings (SSSR count). The van der Waals surface area contributed by atoms with Crippen molar-refractivity contribution in [2.75, 3.05) is 20.3 Å². The van der Waals surface area contributed by atoms with Crippen LogP contribution in [0.4, 0.5) is 0 Å². The largest absolute Gasteiger partial charge is 0.381 e. The minimum absolute atomic E-state index is 0.475. The van der Waals surface area contributed by atoms with Crippen LogP contribution in [0, 0.1) is 22.7 Å². The zero-order valence-corrected chi connectivity index (χ0v) is 10.8. The van der Waals surface area contributed by atoms with E-state index in [1.165, 1.54) is 6.42 Å². The molecular formula is C13H25NO. The minimum atomic E-state index is 0.475. The van der Waals surface area contributed by atoms with Gasteiger partial charge in [0, 0.05) is 18.6 Å². The molecule has 1 aliphatic carbocycles. The van der Waals surface area contributed by atoms with Gasteiger partial charge in [0.2, 0.25) is 0 Å². The van der Waals surface area contributed by atoms with Gasteiger partial charge in [0.15, 0.2) is 0 Å². The summed E-state index contributed by atoms with van der Waals surface area (Å²) in [5.41, 5.74) is 0.951. The summed E-state index contributed by atoms with van der Waals surface area (Å²) in [6, 6.07) is 0.637. The molecule has 2 nitrogen and oxygen atoms in total. The van der Waals surface area contributed by atoms with Gasteiger partial charge in [-0.1, -0.05) is 27.7 Å². The number of hydrogen-bond donors (Lipinski definition) is 1. The van der Waals surface area contributed by atoms with Gasteiger partial charge in [0.25, 0.3) is 0 Å². The van der Waals surface area contributed by atoms with Gasteiger partial charge < -0.3 is 10.1 Å². The maximum Gasteiger partial charge on any atom is 0.0510 e. The van der Waals surface area contributed by atoms with Gasteiger partial charge in [0.1, 0.15) is 0 Å². The van der Waals surface area contributed by atoms with Gasteiger partial charge in [-0.25, -0.2) is 0 Å². The summed E-state index contributed by atoms with van der Waals surface area (Å²) >= 11 is 0. The summed E-state index contributed by atoms with van der Waals surface area (Å²) in [7, 11) is 2.10. The molecule has 1 saturated carbocycles. The van der Waals surface area contributed by atoms with Crippen molar-refractivity contribution in [3.05, 3.63) is 0 Å². The van der Waals surface area contributed by atoms with E-state index in [0.717, 1.165) is 25.0 Å². The van der Waals surface area contributed by atoms with E-state index in [1.807, 2.05) is 0 Å². The normalized spacial score (nSPS) is 35.4. The lowest BCUT2D eigenvalue weighted by molar-refractivity contribution is 0.171. The van der Waals surface area contributed by atoms with Gasteiger partial charge >= 0.3 is 0 Å². The number of rotatable bonds is 3. The van der Waals surface area contributed by atoms with Gasteiger partial charge in [-0.15, -0.1) is 0 Å². The van der Waals surface area contributed by atoms with Crippen LogP contribution in [-0.2, 0) is 4.74 Å². The lowest BCUT2D eigenvalue weighted by atomic mass is 9.90. The topological polar surface area (TPSA) is 21.3 Å². The summed E-state index contributed by atoms with van der Waals surface area (Å²) in [6.45, 7) is 11.5. The molecule has 2 aliphatic rings. The first-order valence-electron chi connectivity index (χ1n) is 6.18. The first-order valence-corrected chi connectivity index (χ1v) is 6.18. The van der Waals surface area contributed by atoms with Crippen molar-refractivity contribution in [3.63, 3.8) is 0 Å². The molecule has 2 heteroatoms. The Morgan fingerprint density at radius 3 is 2.13 bits per heavy atom. The van der Waals surface area contributed by atoms with Crippen LogP contribution in [0.2, 0.25) is 0 Å². The molecule has 0 amide bonds. The molecule has 1 saturated heterocycles. The molecule has 1 heterocycles. The standard InChI is InChI=1S/C13H25NO/c1-12(2)11(13(12,3)4)10(14-5)9-6-7-15-8-9/h9-11,14H,6-8H2,1-5H3. The van der Waals surface area contributed by atoms with E-state index in [0.29, 0.717) is 16.9 Å². The maximum absolute atomic E-state index is 5.51. The highest BCUT2D eigenvalue weighted by Crippen LogP contribution is 2.70. The minimum Gasteiger partial charge on any atom is -0.381 e. The van der Waals surface area contributed by atoms with Crippen LogP contribution >= 0.6 is 0 Å². The van der Waals surface area contributed by atoms with Crippen molar-refractivity contribution in [2.45, 2.75) is 40.2 Å². The van der Waals surface area contributed by atoms with E-state index in [1.54, 1.807) is 0 Å². The van der Waals surface area contributed by atoms with Crippen LogP contribution in [0.1, 0.15) is 34.1 Å². The first-order chi connectivity index (χ1) is 6.93. The van der Waals surface area contributed by atoms with E-state index >= 15 is 0 Å². The molecule has 88 valence electrons. The summed E-state index contributed by atoms with van der Waals surface area (Å²) in [6.07, 6.45) is 1.23. The van der Waals surface area contributed by atoms with Crippen molar-refractivity contribution < 1.29 is 4.74 Å². The Bertz CT molecular complexity index is 227. The molecule has 0 aromatic carbocycles. The Morgan fingerprint density at radius 2 is 1.80 bits per heavy atom. The molecule has 0 bridgehead atoms. The van der Waals surface area contributed by atoms with Crippen molar-refractivity contribution in [1.82, 2.24) is 5.32 Å². The average molecular weight is 211 g/mol. The second kappa shape index (κ2) is 3.46. The Morgan fingerprint density at radius 1 is 1.20 bits per heavy atom. The number of ether oxygens (including phenoxy) is 1. The number of hydrogen-bond acceptors (Lipinski definition) is 2. The van der Waals surface area contributed by atoms with Gasteiger partial charge in [-0.3, -0.25) is 0 Å². The van der Waals surface area contributed by atoms with Crippen LogP contribution in [0.5, 0.6) is 0 Å². The zero-order valence-electron chi connectivity index (χ0n) is 10.8. The fourth-order valence-corrected chi connectivity index (χ4v) is 3.66. The van der Waals surface area contributed by atoms with E-state index in [4.69, 9.17) is 4.74 Å². The number of nitrogens with one attached hydrogen (secondary N) is 1. The third kappa shape index (κ3) is 1.53. The van der Waals surface area contributed by atoms with E-state index in [-0.39, 0.29) is 0 Å². The van der Waals surface area contributed by atoms with Crippen LogP contribution in [0.25, 0.3) is 0 Å². The molecule has 1 aliphatic heterocycles. The van der Waals surface area contributed by atoms with Gasteiger partial charge in [-0.2, -0.15) is 0 Å². The fraction of sp³-hybridized carbons (Fsp3) is 1.00. The van der Waals surface area contributed by atoms with Crippen LogP contribution in [0.15, 0.2) is 0 Å². The van der Waals surface area contributed by atoms with Crippen LogP contribution in [0.3, 0.4) is 0 Å². The zero-order chi connectivity index (χ0) is 11.3. The molecule has 2 unspecified atom stereocenters. The van der Waals surface area contributed by atoms with Crippen molar-refractivity contribution in [3.8, 4) is 0 Å². The Kier molecular flexibility index (Phi) is 2.63. The molecule has 2 fully saturated rings. The maximum atomic E-state index is 5.51. The van der Waals surface area contributed by atoms with Gasteiger partial charge in [0.05, 0.1) is 6.61 Å². The van der Waals surface area contributed by atoms with E-state index in [9.17, 15) is 0 Å². The lowest BCUT2D eigenvalue weighted by Gasteiger charge is -2.24. The molecular weight excluding hydrogens is 186 g/mol. The smallest absolute Gasteiger partial charge is 0.0510 e. The predicted molar refractivity (Wildman–Crippen MR) is 62.8 cm³/mol. The Balaban J connectivity index is 2.09. The second-order valence-electron chi connectivity index (χ2n) is 6.36. The molecule has 0 aromatic heterocycles. The second-order valence-corrected chi connectivity index (χ2v) is 6.36. The third-order valence-electron chi connectivity index (χ3n) is 5.30. The third-order valence-corrected chi connectivity index (χ3v) is 5.30. The van der Waals surface area contributed by atoms with E-state index < -0.39 is 0 Å². The monoisotopic (exact) mass is 211 g/mol. The van der Waals surface area contributed by atoms with Crippen molar-refractivity contribution in [1.29, 1.82) is 0 Å². The highest BCUT2D eigenvalue weighted by Gasteiger charge is 2.67. The molecule has 2 atom stereocenters. The van der Waals surface area contributed by atoms with Crippen LogP contribution < -0.4 is 5.32 Å². The fourth-order valence-electron chi connectivity index (χ4n) is 3.66. The van der Waals surface area contributed by atoms with Crippen LogP contribution in [-0.4, -0.2) is 26.3 Å². The average Bonchev–Trinajstić information content (AvgIpc) is 2.63.